The Morgan fingerprint density at radius 1 is 1.06 bits per heavy atom. The summed E-state index contributed by atoms with van der Waals surface area (Å²) >= 11 is 0. The number of carbonyl (C=O) groups is 1. The van der Waals surface area contributed by atoms with Gasteiger partial charge < -0.3 is 15.1 Å². The molecule has 1 aromatic heterocycles. The molecule has 4 rings (SSSR count). The molecule has 4 nitrogen and oxygen atoms in total. The van der Waals surface area contributed by atoms with E-state index in [1.165, 1.54) is 35.2 Å². The summed E-state index contributed by atoms with van der Waals surface area (Å²) in [6.07, 6.45) is -5.32. The van der Waals surface area contributed by atoms with Crippen LogP contribution in [0.5, 0.6) is 0 Å². The van der Waals surface area contributed by atoms with Gasteiger partial charge in [0.1, 0.15) is 11.3 Å². The lowest BCUT2D eigenvalue weighted by atomic mass is 9.98. The van der Waals surface area contributed by atoms with Crippen LogP contribution in [0.4, 0.5) is 22.0 Å². The number of likely N-dealkylation sites (tertiary alicyclic amines) is 1. The number of amides is 1. The fraction of sp³-hybridized carbons (Fsp3) is 0.318. The van der Waals surface area contributed by atoms with Gasteiger partial charge in [-0.25, -0.2) is 8.78 Å². The first-order chi connectivity index (χ1) is 14.6. The molecule has 0 unspecified atom stereocenters. The first kappa shape index (κ1) is 21.3. The van der Waals surface area contributed by atoms with Crippen LogP contribution in [0.3, 0.4) is 0 Å². The number of hydrogen-bond acceptors (Lipinski definition) is 3. The maximum atomic E-state index is 13.4. The summed E-state index contributed by atoms with van der Waals surface area (Å²) in [7, 11) is 0. The summed E-state index contributed by atoms with van der Waals surface area (Å²) in [5, 5.41) is 0.277. The highest BCUT2D eigenvalue weighted by Gasteiger charge is 2.36. The third-order valence-electron chi connectivity index (χ3n) is 5.42. The molecule has 31 heavy (non-hydrogen) atoms. The standard InChI is InChI=1S/C22H19F5N2O2/c23-21(24)5-7-29(8-6-21)20(30)14-3-1-13(2-4-14)18-11-16(22(25,26)27)9-15-10-17(12-28)31-19(15)18/h1-4,9-11H,5-8,12,28H2. The molecule has 1 aliphatic heterocycles. The first-order valence-corrected chi connectivity index (χ1v) is 9.69. The van der Waals surface area contributed by atoms with Crippen LogP contribution < -0.4 is 5.73 Å². The molecular weight excluding hydrogens is 419 g/mol. The Balaban J connectivity index is 1.67. The number of halogens is 5. The van der Waals surface area contributed by atoms with Crippen LogP contribution in [0.2, 0.25) is 0 Å². The number of benzene rings is 2. The maximum absolute atomic E-state index is 13.4. The minimum atomic E-state index is -4.55. The Bertz CT molecular complexity index is 1110. The number of furan rings is 1. The molecule has 2 N–H and O–H groups in total. The summed E-state index contributed by atoms with van der Waals surface area (Å²) in [5.74, 6) is -2.80. The zero-order valence-corrected chi connectivity index (χ0v) is 16.3. The molecule has 0 aliphatic carbocycles. The van der Waals surface area contributed by atoms with E-state index in [0.29, 0.717) is 11.3 Å². The second-order valence-electron chi connectivity index (χ2n) is 7.58. The number of alkyl halides is 5. The van der Waals surface area contributed by atoms with Gasteiger partial charge in [0.2, 0.25) is 0 Å². The van der Waals surface area contributed by atoms with Gasteiger partial charge in [-0.15, -0.1) is 0 Å². The predicted octanol–water partition coefficient (Wildman–Crippen LogP) is 5.45. The average Bonchev–Trinajstić information content (AvgIpc) is 3.15. The molecule has 1 aliphatic rings. The van der Waals surface area contributed by atoms with E-state index in [1.54, 1.807) is 0 Å². The largest absolute Gasteiger partial charge is 0.459 e. The number of piperidine rings is 1. The average molecular weight is 438 g/mol. The smallest absolute Gasteiger partial charge is 0.416 e. The van der Waals surface area contributed by atoms with Crippen molar-refractivity contribution < 1.29 is 31.2 Å². The Hall–Kier alpha value is -2.94. The van der Waals surface area contributed by atoms with Gasteiger partial charge in [-0.3, -0.25) is 4.79 Å². The minimum Gasteiger partial charge on any atom is -0.459 e. The third-order valence-corrected chi connectivity index (χ3v) is 5.42. The van der Waals surface area contributed by atoms with E-state index < -0.39 is 17.7 Å². The molecule has 0 bridgehead atoms. The Kier molecular flexibility index (Phi) is 5.25. The van der Waals surface area contributed by atoms with Crippen molar-refractivity contribution in [3.05, 3.63) is 59.4 Å². The Labute approximate surface area is 174 Å². The fourth-order valence-electron chi connectivity index (χ4n) is 3.70. The molecule has 164 valence electrons. The van der Waals surface area contributed by atoms with Crippen LogP contribution in [0.25, 0.3) is 22.1 Å². The summed E-state index contributed by atoms with van der Waals surface area (Å²) in [6.45, 7) is -0.0516. The number of carbonyl (C=O) groups excluding carboxylic acids is 1. The van der Waals surface area contributed by atoms with E-state index in [0.717, 1.165) is 12.1 Å². The molecule has 9 heteroatoms. The summed E-state index contributed by atoms with van der Waals surface area (Å²) in [5.41, 5.74) is 5.93. The van der Waals surface area contributed by atoms with E-state index >= 15 is 0 Å². The topological polar surface area (TPSA) is 59.5 Å². The van der Waals surface area contributed by atoms with Crippen LogP contribution >= 0.6 is 0 Å². The predicted molar refractivity (Wildman–Crippen MR) is 105 cm³/mol. The van der Waals surface area contributed by atoms with E-state index in [9.17, 15) is 26.7 Å². The third kappa shape index (κ3) is 4.27. The highest BCUT2D eigenvalue weighted by atomic mass is 19.4. The summed E-state index contributed by atoms with van der Waals surface area (Å²) < 4.78 is 72.4. The van der Waals surface area contributed by atoms with Crippen molar-refractivity contribution >= 4 is 16.9 Å². The van der Waals surface area contributed by atoms with Gasteiger partial charge in [-0.1, -0.05) is 12.1 Å². The number of nitrogens with zero attached hydrogens (tertiary/aromatic N) is 1. The van der Waals surface area contributed by atoms with Crippen molar-refractivity contribution in [2.24, 2.45) is 5.73 Å². The van der Waals surface area contributed by atoms with Gasteiger partial charge in [0, 0.05) is 42.4 Å². The zero-order chi connectivity index (χ0) is 22.4. The number of rotatable bonds is 3. The lowest BCUT2D eigenvalue weighted by molar-refractivity contribution is -0.137. The maximum Gasteiger partial charge on any atom is 0.416 e. The lowest BCUT2D eigenvalue weighted by Crippen LogP contribution is -2.42. The molecule has 0 spiro atoms. The molecule has 1 amide bonds. The van der Waals surface area contributed by atoms with Gasteiger partial charge in [-0.2, -0.15) is 13.2 Å². The molecule has 2 aromatic carbocycles. The van der Waals surface area contributed by atoms with Crippen molar-refractivity contribution in [2.75, 3.05) is 13.1 Å². The van der Waals surface area contributed by atoms with Crippen molar-refractivity contribution in [3.63, 3.8) is 0 Å². The van der Waals surface area contributed by atoms with Crippen molar-refractivity contribution in [1.82, 2.24) is 4.90 Å². The second kappa shape index (κ2) is 7.64. The normalized spacial score (nSPS) is 16.6. The van der Waals surface area contributed by atoms with Gasteiger partial charge in [0.05, 0.1) is 12.1 Å². The van der Waals surface area contributed by atoms with Gasteiger partial charge in [0.15, 0.2) is 0 Å². The quantitative estimate of drug-likeness (QED) is 0.554. The highest BCUT2D eigenvalue weighted by molar-refractivity contribution is 5.97. The molecule has 0 radical (unpaired) electrons. The van der Waals surface area contributed by atoms with Crippen LogP contribution in [-0.4, -0.2) is 29.8 Å². The van der Waals surface area contributed by atoms with Crippen LogP contribution in [0.15, 0.2) is 46.9 Å². The van der Waals surface area contributed by atoms with E-state index in [4.69, 9.17) is 10.2 Å². The Morgan fingerprint density at radius 3 is 2.29 bits per heavy atom. The number of fused-ring (bicyclic) bond motifs is 1. The van der Waals surface area contributed by atoms with E-state index in [2.05, 4.69) is 0 Å². The van der Waals surface area contributed by atoms with Gasteiger partial charge in [0.25, 0.3) is 11.8 Å². The molecule has 0 atom stereocenters. The first-order valence-electron chi connectivity index (χ1n) is 9.69. The van der Waals surface area contributed by atoms with Crippen molar-refractivity contribution in [2.45, 2.75) is 31.5 Å². The highest BCUT2D eigenvalue weighted by Crippen LogP contribution is 2.38. The van der Waals surface area contributed by atoms with Crippen molar-refractivity contribution in [3.8, 4) is 11.1 Å². The van der Waals surface area contributed by atoms with Gasteiger partial charge >= 0.3 is 6.18 Å². The van der Waals surface area contributed by atoms with Crippen molar-refractivity contribution in [1.29, 1.82) is 0 Å². The molecule has 0 saturated carbocycles. The minimum absolute atomic E-state index is 0.0395. The molecule has 1 fully saturated rings. The fourth-order valence-corrected chi connectivity index (χ4v) is 3.70. The van der Waals surface area contributed by atoms with E-state index in [-0.39, 0.29) is 60.5 Å². The van der Waals surface area contributed by atoms with Crippen LogP contribution in [0, 0.1) is 0 Å². The molecule has 3 aromatic rings. The van der Waals surface area contributed by atoms with Crippen LogP contribution in [0.1, 0.15) is 34.5 Å². The molecular formula is C22H19F5N2O2. The van der Waals surface area contributed by atoms with Gasteiger partial charge in [-0.05, 0) is 35.9 Å². The Morgan fingerprint density at radius 2 is 1.71 bits per heavy atom. The number of hydrogen-bond donors (Lipinski definition) is 1. The SMILES string of the molecule is NCc1cc2cc(C(F)(F)F)cc(-c3ccc(C(=O)N4CCC(F)(F)CC4)cc3)c2o1. The van der Waals surface area contributed by atoms with E-state index in [1.807, 2.05) is 0 Å². The second-order valence-corrected chi connectivity index (χ2v) is 7.58. The monoisotopic (exact) mass is 438 g/mol. The summed E-state index contributed by atoms with van der Waals surface area (Å²) in [4.78, 5) is 14.0. The molecule has 1 saturated heterocycles. The number of nitrogens with two attached hydrogens (primary N) is 1. The van der Waals surface area contributed by atoms with Crippen LogP contribution in [-0.2, 0) is 12.7 Å². The summed E-state index contributed by atoms with van der Waals surface area (Å²) in [6, 6.07) is 9.46. The lowest BCUT2D eigenvalue weighted by Gasteiger charge is -2.31. The zero-order valence-electron chi connectivity index (χ0n) is 16.3. The molecule has 2 heterocycles.